The molecule has 2 heteroatoms. The van der Waals surface area contributed by atoms with Gasteiger partial charge in [0, 0.05) is 23.5 Å². The largest absolute Gasteiger partial charge is 0.256 e. The van der Waals surface area contributed by atoms with Gasteiger partial charge in [0.15, 0.2) is 0 Å². The molecule has 0 saturated heterocycles. The molecule has 0 aliphatic heterocycles. The van der Waals surface area contributed by atoms with E-state index < -0.39 is 0 Å². The van der Waals surface area contributed by atoms with Crippen LogP contribution in [0.2, 0.25) is 0 Å². The van der Waals surface area contributed by atoms with Crippen LogP contribution >= 0.6 is 0 Å². The summed E-state index contributed by atoms with van der Waals surface area (Å²) in [6.45, 7) is 0. The Kier molecular flexibility index (Phi) is 5.34. The Labute approximate surface area is 258 Å². The van der Waals surface area contributed by atoms with Crippen LogP contribution in [0, 0.1) is 0 Å². The third kappa shape index (κ3) is 3.80. The number of benzene rings is 4. The van der Waals surface area contributed by atoms with Crippen molar-refractivity contribution >= 4 is 10.8 Å². The van der Waals surface area contributed by atoms with Gasteiger partial charge >= 0.3 is 0 Å². The smallest absolute Gasteiger partial charge is 0.0705 e. The molecule has 0 spiro atoms. The molecule has 4 bridgehead atoms. The molecule has 4 aromatic carbocycles. The monoisotopic (exact) mass is 566 g/mol. The fourth-order valence-corrected chi connectivity index (χ4v) is 9.31. The van der Waals surface area contributed by atoms with Crippen molar-refractivity contribution in [2.45, 2.75) is 61.7 Å². The first kappa shape index (κ1) is 24.8. The molecule has 5 atom stereocenters. The van der Waals surface area contributed by atoms with Crippen molar-refractivity contribution in [3.63, 3.8) is 0 Å². The van der Waals surface area contributed by atoms with E-state index in [-0.39, 0.29) is 0 Å². The highest BCUT2D eigenvalue weighted by Crippen LogP contribution is 2.60. The summed E-state index contributed by atoms with van der Waals surface area (Å²) in [7, 11) is 0. The van der Waals surface area contributed by atoms with Gasteiger partial charge < -0.3 is 0 Å². The third-order valence-corrected chi connectivity index (χ3v) is 11.5. The standard InChI is InChI=1S/C42H34N2/c1-2-4-25(5-3-1)26-6-8-27(9-7-26)41-22-37-34-19-35(38(20-34)40(37)24-44-41)30-12-10-29-17-33(15-11-28(29)16-30)42-21-36-31-13-14-32(18-31)39(36)23-43-42/h1-12,15-17,21-24,31-32,34-35,38H,13-14,18-20H2. The summed E-state index contributed by atoms with van der Waals surface area (Å²) in [5, 5.41) is 2.64. The average Bonchev–Trinajstić information content (AvgIpc) is 3.90. The molecule has 6 aromatic rings. The van der Waals surface area contributed by atoms with Crippen LogP contribution in [0.15, 0.2) is 116 Å². The Bertz CT molecular complexity index is 2080. The molecule has 4 aliphatic carbocycles. The summed E-state index contributed by atoms with van der Waals surface area (Å²) < 4.78 is 0. The van der Waals surface area contributed by atoms with E-state index in [0.29, 0.717) is 17.8 Å². The van der Waals surface area contributed by atoms with Crippen LogP contribution in [-0.4, -0.2) is 9.97 Å². The average molecular weight is 567 g/mol. The van der Waals surface area contributed by atoms with Crippen molar-refractivity contribution in [2.24, 2.45) is 0 Å². The molecular formula is C42H34N2. The molecule has 4 aliphatic rings. The van der Waals surface area contributed by atoms with Gasteiger partial charge in [-0.2, -0.15) is 0 Å². The summed E-state index contributed by atoms with van der Waals surface area (Å²) in [5.41, 5.74) is 14.7. The number of rotatable bonds is 4. The molecule has 0 N–H and O–H groups in total. The van der Waals surface area contributed by atoms with E-state index in [9.17, 15) is 0 Å². The van der Waals surface area contributed by atoms with Crippen molar-refractivity contribution in [1.82, 2.24) is 9.97 Å². The van der Waals surface area contributed by atoms with Gasteiger partial charge in [0.25, 0.3) is 0 Å². The lowest BCUT2D eigenvalue weighted by Gasteiger charge is -2.25. The van der Waals surface area contributed by atoms with Crippen molar-refractivity contribution < 1.29 is 0 Å². The minimum Gasteiger partial charge on any atom is -0.256 e. The Morgan fingerprint density at radius 2 is 1.05 bits per heavy atom. The maximum absolute atomic E-state index is 4.99. The van der Waals surface area contributed by atoms with Crippen molar-refractivity contribution in [3.05, 3.63) is 143 Å². The Balaban J connectivity index is 0.906. The van der Waals surface area contributed by atoms with Crippen LogP contribution in [0.1, 0.15) is 89.5 Å². The van der Waals surface area contributed by atoms with E-state index in [1.165, 1.54) is 87.4 Å². The third-order valence-electron chi connectivity index (χ3n) is 11.5. The maximum Gasteiger partial charge on any atom is 0.0705 e. The predicted octanol–water partition coefficient (Wildman–Crippen LogP) is 10.8. The molecule has 2 aromatic heterocycles. The topological polar surface area (TPSA) is 25.8 Å². The van der Waals surface area contributed by atoms with Gasteiger partial charge in [0.1, 0.15) is 0 Å². The van der Waals surface area contributed by atoms with Crippen molar-refractivity contribution in [2.75, 3.05) is 0 Å². The lowest BCUT2D eigenvalue weighted by atomic mass is 9.79. The molecule has 5 unspecified atom stereocenters. The van der Waals surface area contributed by atoms with Crippen LogP contribution in [0.4, 0.5) is 0 Å². The summed E-state index contributed by atoms with van der Waals surface area (Å²) in [4.78, 5) is 9.90. The molecule has 212 valence electrons. The number of fused-ring (bicyclic) bond motifs is 11. The van der Waals surface area contributed by atoms with Gasteiger partial charge in [-0.05, 0) is 130 Å². The zero-order valence-corrected chi connectivity index (χ0v) is 24.8. The number of nitrogens with zero attached hydrogens (tertiary/aromatic N) is 2. The van der Waals surface area contributed by atoms with Crippen molar-refractivity contribution in [3.8, 4) is 33.6 Å². The predicted molar refractivity (Wildman–Crippen MR) is 179 cm³/mol. The normalized spacial score (nSPS) is 24.1. The highest BCUT2D eigenvalue weighted by Gasteiger charge is 2.44. The lowest BCUT2D eigenvalue weighted by Crippen LogP contribution is -2.10. The second kappa shape index (κ2) is 9.47. The molecule has 0 amide bonds. The first-order valence-corrected chi connectivity index (χ1v) is 16.4. The second-order valence-electron chi connectivity index (χ2n) is 13.7. The first-order valence-electron chi connectivity index (χ1n) is 16.4. The molecule has 44 heavy (non-hydrogen) atoms. The Morgan fingerprint density at radius 3 is 1.89 bits per heavy atom. The van der Waals surface area contributed by atoms with Gasteiger partial charge in [0.2, 0.25) is 0 Å². The summed E-state index contributed by atoms with van der Waals surface area (Å²) >= 11 is 0. The summed E-state index contributed by atoms with van der Waals surface area (Å²) in [6.07, 6.45) is 10.9. The van der Waals surface area contributed by atoms with Crippen LogP contribution in [0.5, 0.6) is 0 Å². The molecule has 10 rings (SSSR count). The van der Waals surface area contributed by atoms with E-state index in [2.05, 4.69) is 116 Å². The van der Waals surface area contributed by atoms with Gasteiger partial charge in [-0.15, -0.1) is 0 Å². The van der Waals surface area contributed by atoms with Crippen LogP contribution in [0.3, 0.4) is 0 Å². The van der Waals surface area contributed by atoms with Gasteiger partial charge in [-0.1, -0.05) is 84.9 Å². The quantitative estimate of drug-likeness (QED) is 0.212. The molecule has 2 heterocycles. The zero-order valence-electron chi connectivity index (χ0n) is 24.8. The van der Waals surface area contributed by atoms with Crippen molar-refractivity contribution in [1.29, 1.82) is 0 Å². The number of hydrogen-bond donors (Lipinski definition) is 0. The minimum absolute atomic E-state index is 0.569. The van der Waals surface area contributed by atoms with Gasteiger partial charge in [-0.3, -0.25) is 9.97 Å². The molecule has 2 saturated carbocycles. The molecular weight excluding hydrogens is 532 g/mol. The SMILES string of the molecule is c1ccc(-c2ccc(-c3cc4c(cn3)C3CC4CC3c3ccc4cc(-c5cc6c(cn5)C5CCC6C5)ccc4c3)cc2)cc1. The molecule has 0 radical (unpaired) electrons. The summed E-state index contributed by atoms with van der Waals surface area (Å²) in [6, 6.07) is 38.4. The Hall–Kier alpha value is -4.56. The van der Waals surface area contributed by atoms with E-state index >= 15 is 0 Å². The minimum atomic E-state index is 0.569. The van der Waals surface area contributed by atoms with Crippen LogP contribution < -0.4 is 0 Å². The fraction of sp³-hybridized carbons (Fsp3) is 0.238. The van der Waals surface area contributed by atoms with E-state index in [1.54, 1.807) is 5.56 Å². The Morgan fingerprint density at radius 1 is 0.432 bits per heavy atom. The molecule has 2 nitrogen and oxygen atoms in total. The van der Waals surface area contributed by atoms with E-state index in [0.717, 1.165) is 23.2 Å². The maximum atomic E-state index is 4.99. The molecule has 2 fully saturated rings. The number of hydrogen-bond acceptors (Lipinski definition) is 2. The number of aromatic nitrogens is 2. The number of pyridine rings is 2. The van der Waals surface area contributed by atoms with E-state index in [4.69, 9.17) is 9.97 Å². The summed E-state index contributed by atoms with van der Waals surface area (Å²) in [5.74, 6) is 3.30. The fourth-order valence-electron chi connectivity index (χ4n) is 9.31. The second-order valence-corrected chi connectivity index (χ2v) is 13.7. The van der Waals surface area contributed by atoms with Gasteiger partial charge in [0.05, 0.1) is 11.4 Å². The highest BCUT2D eigenvalue weighted by molar-refractivity contribution is 5.87. The van der Waals surface area contributed by atoms with Gasteiger partial charge in [-0.25, -0.2) is 0 Å². The highest BCUT2D eigenvalue weighted by atomic mass is 14.7. The van der Waals surface area contributed by atoms with E-state index in [1.807, 2.05) is 0 Å². The lowest BCUT2D eigenvalue weighted by molar-refractivity contribution is 0.604. The zero-order chi connectivity index (χ0) is 28.8. The first-order chi connectivity index (χ1) is 21.7. The van der Waals surface area contributed by atoms with Crippen LogP contribution in [-0.2, 0) is 0 Å². The van der Waals surface area contributed by atoms with Crippen LogP contribution in [0.25, 0.3) is 44.4 Å².